The Bertz CT molecular complexity index is 279. The molecule has 0 N–H and O–H groups in total. The molecule has 3 heteroatoms. The highest BCUT2D eigenvalue weighted by atomic mass is 16.7. The summed E-state index contributed by atoms with van der Waals surface area (Å²) in [4.78, 5) is 10.7. The molecule has 13 heavy (non-hydrogen) atoms. The number of benzene rings is 1. The van der Waals surface area contributed by atoms with Crippen LogP contribution < -0.4 is 0 Å². The molecule has 1 aromatic carbocycles. The second-order valence-corrected chi connectivity index (χ2v) is 2.31. The minimum atomic E-state index is -0.737. The Kier molecular flexibility index (Phi) is 3.57. The lowest BCUT2D eigenvalue weighted by Gasteiger charge is -2.01. The molecular formula is C10H10O3. The van der Waals surface area contributed by atoms with E-state index in [-0.39, 0.29) is 6.61 Å². The number of carbonyl (C=O) groups excluding carboxylic acids is 1. The molecule has 68 valence electrons. The van der Waals surface area contributed by atoms with Crippen molar-refractivity contribution >= 4 is 6.16 Å². The van der Waals surface area contributed by atoms with Crippen molar-refractivity contribution in [3.05, 3.63) is 48.7 Å². The summed E-state index contributed by atoms with van der Waals surface area (Å²) >= 11 is 0. The predicted octanol–water partition coefficient (Wildman–Crippen LogP) is 2.48. The first-order valence-corrected chi connectivity index (χ1v) is 3.81. The highest BCUT2D eigenvalue weighted by Crippen LogP contribution is 2.01. The molecule has 0 bridgehead atoms. The van der Waals surface area contributed by atoms with Crippen LogP contribution in [0.1, 0.15) is 5.56 Å². The van der Waals surface area contributed by atoms with Gasteiger partial charge in [0.1, 0.15) is 6.61 Å². The maximum atomic E-state index is 10.7. The number of carbonyl (C=O) groups is 1. The van der Waals surface area contributed by atoms with Crippen LogP contribution >= 0.6 is 0 Å². The largest absolute Gasteiger partial charge is 0.513 e. The number of ether oxygens (including phenoxy) is 2. The topological polar surface area (TPSA) is 35.5 Å². The van der Waals surface area contributed by atoms with Gasteiger partial charge in [-0.05, 0) is 5.56 Å². The summed E-state index contributed by atoms with van der Waals surface area (Å²) in [5, 5.41) is 0. The third kappa shape index (κ3) is 3.42. The monoisotopic (exact) mass is 178 g/mol. The summed E-state index contributed by atoms with van der Waals surface area (Å²) in [5.41, 5.74) is 0.920. The first-order chi connectivity index (χ1) is 6.33. The molecule has 0 unspecified atom stereocenters. The summed E-state index contributed by atoms with van der Waals surface area (Å²) in [6.07, 6.45) is 0.298. The molecule has 0 aliphatic heterocycles. The standard InChI is InChI=1S/C10H10O3/c1-2-12-10(11)13-8-9-6-4-3-5-7-9/h2-7H,1,8H2. The smallest absolute Gasteiger partial charge is 0.429 e. The fourth-order valence-corrected chi connectivity index (χ4v) is 0.819. The molecule has 0 saturated heterocycles. The van der Waals surface area contributed by atoms with Crippen LogP contribution in [0.5, 0.6) is 0 Å². The van der Waals surface area contributed by atoms with E-state index in [9.17, 15) is 4.79 Å². The number of rotatable bonds is 3. The first-order valence-electron chi connectivity index (χ1n) is 3.81. The van der Waals surface area contributed by atoms with Crippen molar-refractivity contribution in [3.63, 3.8) is 0 Å². The molecule has 0 aliphatic rings. The van der Waals surface area contributed by atoms with Crippen LogP contribution in [0.4, 0.5) is 4.79 Å². The fraction of sp³-hybridized carbons (Fsp3) is 0.100. The minimum Gasteiger partial charge on any atom is -0.429 e. The SMILES string of the molecule is C=COC(=O)OCc1ccccc1. The Hall–Kier alpha value is -1.77. The van der Waals surface area contributed by atoms with E-state index in [1.165, 1.54) is 0 Å². The summed E-state index contributed by atoms with van der Waals surface area (Å²) in [7, 11) is 0. The van der Waals surface area contributed by atoms with Gasteiger partial charge in [-0.2, -0.15) is 0 Å². The first kappa shape index (κ1) is 9.32. The Morgan fingerprint density at radius 2 is 2.08 bits per heavy atom. The van der Waals surface area contributed by atoms with E-state index in [4.69, 9.17) is 4.74 Å². The van der Waals surface area contributed by atoms with E-state index in [0.717, 1.165) is 11.8 Å². The van der Waals surface area contributed by atoms with E-state index in [2.05, 4.69) is 11.3 Å². The van der Waals surface area contributed by atoms with Crippen molar-refractivity contribution in [2.45, 2.75) is 6.61 Å². The molecule has 0 fully saturated rings. The number of hydrogen-bond acceptors (Lipinski definition) is 3. The van der Waals surface area contributed by atoms with Crippen molar-refractivity contribution in [2.75, 3.05) is 0 Å². The molecule has 0 aromatic heterocycles. The average molecular weight is 178 g/mol. The third-order valence-electron chi connectivity index (χ3n) is 1.38. The van der Waals surface area contributed by atoms with Crippen LogP contribution in [0.3, 0.4) is 0 Å². The van der Waals surface area contributed by atoms with E-state index >= 15 is 0 Å². The van der Waals surface area contributed by atoms with Crippen LogP contribution in [0.25, 0.3) is 0 Å². The minimum absolute atomic E-state index is 0.216. The molecule has 3 nitrogen and oxygen atoms in total. The molecule has 1 rings (SSSR count). The van der Waals surface area contributed by atoms with E-state index in [0.29, 0.717) is 0 Å². The van der Waals surface area contributed by atoms with Gasteiger partial charge in [0.15, 0.2) is 0 Å². The lowest BCUT2D eigenvalue weighted by molar-refractivity contribution is 0.0789. The molecule has 0 amide bonds. The molecule has 1 aromatic rings. The zero-order chi connectivity index (χ0) is 9.52. The Morgan fingerprint density at radius 1 is 1.38 bits per heavy atom. The van der Waals surface area contributed by atoms with Crippen LogP contribution in [0.15, 0.2) is 43.2 Å². The lowest BCUT2D eigenvalue weighted by Crippen LogP contribution is -2.03. The molecule has 0 radical (unpaired) electrons. The van der Waals surface area contributed by atoms with Crippen LogP contribution in [0.2, 0.25) is 0 Å². The molecule has 0 spiro atoms. The van der Waals surface area contributed by atoms with Crippen LogP contribution in [0, 0.1) is 0 Å². The number of hydrogen-bond donors (Lipinski definition) is 0. The van der Waals surface area contributed by atoms with E-state index < -0.39 is 6.16 Å². The van der Waals surface area contributed by atoms with Gasteiger partial charge in [0, 0.05) is 0 Å². The van der Waals surface area contributed by atoms with Gasteiger partial charge >= 0.3 is 6.16 Å². The highest BCUT2D eigenvalue weighted by molar-refractivity contribution is 5.60. The maximum absolute atomic E-state index is 10.7. The van der Waals surface area contributed by atoms with Crippen LogP contribution in [-0.4, -0.2) is 6.16 Å². The van der Waals surface area contributed by atoms with Gasteiger partial charge in [-0.15, -0.1) is 0 Å². The van der Waals surface area contributed by atoms with Gasteiger partial charge in [0.05, 0.1) is 6.26 Å². The Labute approximate surface area is 76.6 Å². The van der Waals surface area contributed by atoms with Crippen molar-refractivity contribution < 1.29 is 14.3 Å². The third-order valence-corrected chi connectivity index (χ3v) is 1.38. The van der Waals surface area contributed by atoms with Gasteiger partial charge in [-0.1, -0.05) is 36.9 Å². The van der Waals surface area contributed by atoms with Gasteiger partial charge < -0.3 is 9.47 Å². The second-order valence-electron chi connectivity index (χ2n) is 2.31. The van der Waals surface area contributed by atoms with Gasteiger partial charge in [-0.3, -0.25) is 0 Å². The second kappa shape index (κ2) is 4.98. The average Bonchev–Trinajstić information content (AvgIpc) is 2.17. The maximum Gasteiger partial charge on any atom is 0.513 e. The molecule has 0 aliphatic carbocycles. The van der Waals surface area contributed by atoms with Gasteiger partial charge in [0.2, 0.25) is 0 Å². The van der Waals surface area contributed by atoms with Crippen LogP contribution in [-0.2, 0) is 16.1 Å². The Balaban J connectivity index is 2.35. The lowest BCUT2D eigenvalue weighted by atomic mass is 10.2. The van der Waals surface area contributed by atoms with Gasteiger partial charge in [-0.25, -0.2) is 4.79 Å². The van der Waals surface area contributed by atoms with Crippen molar-refractivity contribution in [1.82, 2.24) is 0 Å². The van der Waals surface area contributed by atoms with Crippen molar-refractivity contribution in [1.29, 1.82) is 0 Å². The zero-order valence-electron chi connectivity index (χ0n) is 7.10. The van der Waals surface area contributed by atoms with Crippen molar-refractivity contribution in [3.8, 4) is 0 Å². The molecule has 0 atom stereocenters. The zero-order valence-corrected chi connectivity index (χ0v) is 7.10. The summed E-state index contributed by atoms with van der Waals surface area (Å²) in [5.74, 6) is 0. The molecule has 0 saturated carbocycles. The Morgan fingerprint density at radius 3 is 2.69 bits per heavy atom. The van der Waals surface area contributed by atoms with E-state index in [1.54, 1.807) is 0 Å². The summed E-state index contributed by atoms with van der Waals surface area (Å²) < 4.78 is 9.10. The summed E-state index contributed by atoms with van der Waals surface area (Å²) in [6, 6.07) is 9.36. The highest BCUT2D eigenvalue weighted by Gasteiger charge is 2.00. The molecular weight excluding hydrogens is 168 g/mol. The normalized spacial score (nSPS) is 8.92. The van der Waals surface area contributed by atoms with Crippen molar-refractivity contribution in [2.24, 2.45) is 0 Å². The van der Waals surface area contributed by atoms with E-state index in [1.807, 2.05) is 30.3 Å². The predicted molar refractivity (Wildman–Crippen MR) is 47.9 cm³/mol. The quantitative estimate of drug-likeness (QED) is 0.527. The summed E-state index contributed by atoms with van der Waals surface area (Å²) in [6.45, 7) is 3.45. The fourth-order valence-electron chi connectivity index (χ4n) is 0.819. The van der Waals surface area contributed by atoms with Gasteiger partial charge in [0.25, 0.3) is 0 Å². The molecule has 0 heterocycles.